The Morgan fingerprint density at radius 3 is 2.47 bits per heavy atom. The van der Waals surface area contributed by atoms with Crippen molar-refractivity contribution < 1.29 is 17.6 Å². The highest BCUT2D eigenvalue weighted by Crippen LogP contribution is 2.25. The molecule has 104 valence electrons. The monoisotopic (exact) mass is 349 g/mol. The summed E-state index contributed by atoms with van der Waals surface area (Å²) in [7, 11) is -3.68. The minimum Gasteiger partial charge on any atom is -0.303 e. The zero-order valence-corrected chi connectivity index (χ0v) is 12.5. The number of nitrogens with zero attached hydrogens (tertiary/aromatic N) is 1. The largest absolute Gasteiger partial charge is 0.303 e. The summed E-state index contributed by atoms with van der Waals surface area (Å²) in [5.41, 5.74) is 0. The number of carbonyl (C=O) groups excluding carboxylic acids is 1. The van der Waals surface area contributed by atoms with Crippen molar-refractivity contribution in [2.24, 2.45) is 5.92 Å². The highest BCUT2D eigenvalue weighted by molar-refractivity contribution is 9.10. The van der Waals surface area contributed by atoms with Gasteiger partial charge in [0.1, 0.15) is 12.1 Å². The number of benzene rings is 1. The predicted molar refractivity (Wildman–Crippen MR) is 71.6 cm³/mol. The van der Waals surface area contributed by atoms with E-state index in [9.17, 15) is 17.6 Å². The number of piperidine rings is 1. The zero-order valence-electron chi connectivity index (χ0n) is 10.1. The van der Waals surface area contributed by atoms with Crippen molar-refractivity contribution in [3.05, 3.63) is 28.5 Å². The maximum Gasteiger partial charge on any atom is 0.243 e. The van der Waals surface area contributed by atoms with E-state index >= 15 is 0 Å². The second-order valence-electron chi connectivity index (χ2n) is 4.45. The van der Waals surface area contributed by atoms with Crippen LogP contribution in [0.3, 0.4) is 0 Å². The van der Waals surface area contributed by atoms with Gasteiger partial charge in [-0.05, 0) is 47.0 Å². The molecular formula is C12H13BrFNO3S. The number of hydrogen-bond acceptors (Lipinski definition) is 3. The van der Waals surface area contributed by atoms with Crippen LogP contribution in [0.5, 0.6) is 0 Å². The summed E-state index contributed by atoms with van der Waals surface area (Å²) in [5, 5.41) is 0. The van der Waals surface area contributed by atoms with Crippen LogP contribution >= 0.6 is 15.9 Å². The van der Waals surface area contributed by atoms with Gasteiger partial charge >= 0.3 is 0 Å². The lowest BCUT2D eigenvalue weighted by atomic mass is 10.0. The molecule has 0 aliphatic carbocycles. The molecule has 0 bridgehead atoms. The lowest BCUT2D eigenvalue weighted by Crippen LogP contribution is -2.38. The maximum absolute atomic E-state index is 13.4. The van der Waals surface area contributed by atoms with E-state index in [4.69, 9.17) is 0 Å². The highest BCUT2D eigenvalue weighted by Gasteiger charge is 2.29. The molecule has 0 amide bonds. The van der Waals surface area contributed by atoms with E-state index in [1.54, 1.807) is 0 Å². The van der Waals surface area contributed by atoms with Crippen LogP contribution in [-0.2, 0) is 14.8 Å². The van der Waals surface area contributed by atoms with Gasteiger partial charge in [-0.25, -0.2) is 12.8 Å². The molecule has 4 nitrogen and oxygen atoms in total. The van der Waals surface area contributed by atoms with E-state index in [2.05, 4.69) is 15.9 Å². The smallest absolute Gasteiger partial charge is 0.243 e. The summed E-state index contributed by atoms with van der Waals surface area (Å²) >= 11 is 2.99. The Balaban J connectivity index is 2.23. The van der Waals surface area contributed by atoms with Gasteiger partial charge in [0.2, 0.25) is 10.0 Å². The number of carbonyl (C=O) groups is 1. The zero-order chi connectivity index (χ0) is 14.0. The van der Waals surface area contributed by atoms with Gasteiger partial charge in [0.05, 0.1) is 9.37 Å². The van der Waals surface area contributed by atoms with E-state index in [1.165, 1.54) is 16.4 Å². The SMILES string of the molecule is O=CC1CCN(S(=O)(=O)c2ccc(Br)c(F)c2)CC1. The van der Waals surface area contributed by atoms with E-state index < -0.39 is 15.8 Å². The normalized spacial score (nSPS) is 18.4. The molecule has 0 radical (unpaired) electrons. The van der Waals surface area contributed by atoms with Crippen LogP contribution in [0.25, 0.3) is 0 Å². The molecule has 1 aliphatic rings. The van der Waals surface area contributed by atoms with Crippen molar-refractivity contribution in [1.82, 2.24) is 4.31 Å². The molecule has 1 aromatic carbocycles. The van der Waals surface area contributed by atoms with E-state index in [-0.39, 0.29) is 15.3 Å². The molecule has 1 aromatic rings. The minimum absolute atomic E-state index is 0.0576. The molecule has 0 atom stereocenters. The highest BCUT2D eigenvalue weighted by atomic mass is 79.9. The topological polar surface area (TPSA) is 54.5 Å². The second-order valence-corrected chi connectivity index (χ2v) is 7.25. The maximum atomic E-state index is 13.4. The number of hydrogen-bond donors (Lipinski definition) is 0. The molecule has 19 heavy (non-hydrogen) atoms. The lowest BCUT2D eigenvalue weighted by molar-refractivity contribution is -0.112. The van der Waals surface area contributed by atoms with Crippen LogP contribution in [-0.4, -0.2) is 32.1 Å². The molecule has 1 aliphatic heterocycles. The van der Waals surface area contributed by atoms with Crippen molar-refractivity contribution in [2.75, 3.05) is 13.1 Å². The first kappa shape index (κ1) is 14.6. The second kappa shape index (κ2) is 5.68. The molecular weight excluding hydrogens is 337 g/mol. The van der Waals surface area contributed by atoms with Crippen molar-refractivity contribution in [3.8, 4) is 0 Å². The fraction of sp³-hybridized carbons (Fsp3) is 0.417. The van der Waals surface area contributed by atoms with Gasteiger partial charge < -0.3 is 4.79 Å². The quantitative estimate of drug-likeness (QED) is 0.786. The Hall–Kier alpha value is -0.790. The molecule has 0 aromatic heterocycles. The molecule has 1 saturated heterocycles. The molecule has 0 spiro atoms. The van der Waals surface area contributed by atoms with Crippen LogP contribution in [0.4, 0.5) is 4.39 Å². The number of aldehydes is 1. The Labute approximate surface area is 119 Å². The van der Waals surface area contributed by atoms with Gasteiger partial charge in [-0.3, -0.25) is 0 Å². The third-order valence-corrected chi connectivity index (χ3v) is 5.76. The Bertz CT molecular complexity index is 583. The van der Waals surface area contributed by atoms with Crippen molar-refractivity contribution in [3.63, 3.8) is 0 Å². The number of rotatable bonds is 3. The van der Waals surface area contributed by atoms with Crippen LogP contribution in [0, 0.1) is 11.7 Å². The van der Waals surface area contributed by atoms with Crippen molar-refractivity contribution >= 4 is 32.2 Å². The first-order chi connectivity index (χ1) is 8.95. The standard InChI is InChI=1S/C12H13BrFNO3S/c13-11-2-1-10(7-12(11)14)19(17,18)15-5-3-9(8-16)4-6-15/h1-2,7-9H,3-6H2. The van der Waals surface area contributed by atoms with Gasteiger partial charge in [-0.15, -0.1) is 0 Å². The number of halogens is 2. The summed E-state index contributed by atoms with van der Waals surface area (Å²) in [4.78, 5) is 10.6. The molecule has 1 heterocycles. The third-order valence-electron chi connectivity index (χ3n) is 3.22. The van der Waals surface area contributed by atoms with Gasteiger partial charge in [0, 0.05) is 19.0 Å². The Morgan fingerprint density at radius 2 is 1.95 bits per heavy atom. The van der Waals surface area contributed by atoms with Crippen LogP contribution < -0.4 is 0 Å². The first-order valence-electron chi connectivity index (χ1n) is 5.85. The average Bonchev–Trinajstić information content (AvgIpc) is 2.41. The summed E-state index contributed by atoms with van der Waals surface area (Å²) in [6.07, 6.45) is 1.90. The molecule has 7 heteroatoms. The molecule has 1 fully saturated rings. The first-order valence-corrected chi connectivity index (χ1v) is 8.09. The van der Waals surface area contributed by atoms with Crippen LogP contribution in [0.15, 0.2) is 27.6 Å². The van der Waals surface area contributed by atoms with Gasteiger partial charge in [0.15, 0.2) is 0 Å². The lowest BCUT2D eigenvalue weighted by Gasteiger charge is -2.28. The molecule has 2 rings (SSSR count). The summed E-state index contributed by atoms with van der Waals surface area (Å²) in [6.45, 7) is 0.590. The summed E-state index contributed by atoms with van der Waals surface area (Å²) < 4.78 is 39.5. The Kier molecular flexibility index (Phi) is 4.37. The predicted octanol–water partition coefficient (Wildman–Crippen LogP) is 2.19. The van der Waals surface area contributed by atoms with Gasteiger partial charge in [-0.2, -0.15) is 4.31 Å². The van der Waals surface area contributed by atoms with E-state index in [0.29, 0.717) is 25.9 Å². The Morgan fingerprint density at radius 1 is 1.32 bits per heavy atom. The van der Waals surface area contributed by atoms with Gasteiger partial charge in [-0.1, -0.05) is 0 Å². The third kappa shape index (κ3) is 3.04. The molecule has 0 saturated carbocycles. The van der Waals surface area contributed by atoms with Crippen LogP contribution in [0.2, 0.25) is 0 Å². The average molecular weight is 350 g/mol. The molecule has 0 N–H and O–H groups in total. The summed E-state index contributed by atoms with van der Waals surface area (Å²) in [6, 6.07) is 3.75. The van der Waals surface area contributed by atoms with E-state index in [0.717, 1.165) is 12.4 Å². The fourth-order valence-electron chi connectivity index (χ4n) is 2.04. The fourth-order valence-corrected chi connectivity index (χ4v) is 3.77. The molecule has 0 unspecified atom stereocenters. The number of sulfonamides is 1. The van der Waals surface area contributed by atoms with Crippen molar-refractivity contribution in [2.45, 2.75) is 17.7 Å². The summed E-state index contributed by atoms with van der Waals surface area (Å²) in [5.74, 6) is -0.683. The minimum atomic E-state index is -3.68. The van der Waals surface area contributed by atoms with Crippen molar-refractivity contribution in [1.29, 1.82) is 0 Å². The van der Waals surface area contributed by atoms with Gasteiger partial charge in [0.25, 0.3) is 0 Å². The van der Waals surface area contributed by atoms with Crippen LogP contribution in [0.1, 0.15) is 12.8 Å². The van der Waals surface area contributed by atoms with E-state index in [1.807, 2.05) is 0 Å².